The summed E-state index contributed by atoms with van der Waals surface area (Å²) in [5.74, 6) is 0.223. The second-order valence-electron chi connectivity index (χ2n) is 5.58. The number of morpholine rings is 1. The second-order valence-corrected chi connectivity index (χ2v) is 5.58. The molecule has 1 aromatic rings. The van der Waals surface area contributed by atoms with Gasteiger partial charge in [0.25, 0.3) is 0 Å². The Balaban J connectivity index is 1.67. The summed E-state index contributed by atoms with van der Waals surface area (Å²) in [6, 6.07) is 8.17. The number of aryl methyl sites for hydroxylation is 1. The van der Waals surface area contributed by atoms with E-state index in [9.17, 15) is 4.79 Å². The molecule has 2 unspecified atom stereocenters. The molecular weight excluding hydrogens is 252 g/mol. The van der Waals surface area contributed by atoms with E-state index in [1.54, 1.807) is 0 Å². The third kappa shape index (κ3) is 2.66. The fourth-order valence-electron chi connectivity index (χ4n) is 3.01. The summed E-state index contributed by atoms with van der Waals surface area (Å²) in [5, 5.41) is 3.39. The van der Waals surface area contributed by atoms with E-state index in [2.05, 4.69) is 30.4 Å². The van der Waals surface area contributed by atoms with Gasteiger partial charge in [0.2, 0.25) is 5.91 Å². The number of fused-ring (bicyclic) bond motifs is 1. The van der Waals surface area contributed by atoms with E-state index in [1.807, 2.05) is 11.0 Å². The van der Waals surface area contributed by atoms with E-state index in [0.717, 1.165) is 38.0 Å². The molecule has 1 amide bonds. The molecule has 2 aliphatic heterocycles. The summed E-state index contributed by atoms with van der Waals surface area (Å²) in [6.45, 7) is 4.21. The summed E-state index contributed by atoms with van der Waals surface area (Å²) in [7, 11) is 0. The number of para-hydroxylation sites is 1. The largest absolute Gasteiger partial charge is 0.375 e. The van der Waals surface area contributed by atoms with Crippen LogP contribution in [0.4, 0.5) is 5.69 Å². The number of hydrogen-bond acceptors (Lipinski definition) is 3. The number of ether oxygens (including phenoxy) is 1. The lowest BCUT2D eigenvalue weighted by Gasteiger charge is -2.36. The van der Waals surface area contributed by atoms with Crippen molar-refractivity contribution < 1.29 is 9.53 Å². The lowest BCUT2D eigenvalue weighted by atomic mass is 9.97. The Morgan fingerprint density at radius 2 is 2.30 bits per heavy atom. The Kier molecular flexibility index (Phi) is 3.92. The molecule has 1 saturated heterocycles. The zero-order valence-corrected chi connectivity index (χ0v) is 12.0. The molecule has 0 aliphatic carbocycles. The molecule has 1 N–H and O–H groups in total. The Labute approximate surface area is 120 Å². The van der Waals surface area contributed by atoms with Crippen molar-refractivity contribution in [3.05, 3.63) is 29.8 Å². The van der Waals surface area contributed by atoms with Crippen LogP contribution < -0.4 is 5.32 Å². The van der Waals surface area contributed by atoms with Crippen LogP contribution in [-0.4, -0.2) is 42.6 Å². The maximum absolute atomic E-state index is 12.6. The van der Waals surface area contributed by atoms with Gasteiger partial charge in [0.15, 0.2) is 0 Å². The Morgan fingerprint density at radius 3 is 3.15 bits per heavy atom. The number of amides is 1. The average molecular weight is 274 g/mol. The minimum absolute atomic E-state index is 0.0829. The maximum Gasteiger partial charge on any atom is 0.245 e. The zero-order valence-electron chi connectivity index (χ0n) is 12.0. The van der Waals surface area contributed by atoms with Gasteiger partial charge in [-0.25, -0.2) is 0 Å². The smallest absolute Gasteiger partial charge is 0.245 e. The van der Waals surface area contributed by atoms with E-state index in [0.29, 0.717) is 6.61 Å². The van der Waals surface area contributed by atoms with Crippen LogP contribution in [0.25, 0.3) is 0 Å². The van der Waals surface area contributed by atoms with Gasteiger partial charge in [-0.1, -0.05) is 25.1 Å². The minimum atomic E-state index is -0.0829. The van der Waals surface area contributed by atoms with Crippen LogP contribution in [0.3, 0.4) is 0 Å². The van der Waals surface area contributed by atoms with Gasteiger partial charge in [0.1, 0.15) is 6.04 Å². The summed E-state index contributed by atoms with van der Waals surface area (Å²) in [6.07, 6.45) is 3.01. The molecule has 108 valence electrons. The van der Waals surface area contributed by atoms with Crippen LogP contribution in [0.1, 0.15) is 25.3 Å². The molecule has 1 aromatic carbocycles. The summed E-state index contributed by atoms with van der Waals surface area (Å²) in [5.41, 5.74) is 2.42. The van der Waals surface area contributed by atoms with Crippen molar-refractivity contribution >= 4 is 11.6 Å². The van der Waals surface area contributed by atoms with Gasteiger partial charge in [0, 0.05) is 18.8 Å². The molecule has 0 aromatic heterocycles. The maximum atomic E-state index is 12.6. The highest BCUT2D eigenvalue weighted by Gasteiger charge is 2.30. The van der Waals surface area contributed by atoms with Crippen molar-refractivity contribution in [2.24, 2.45) is 0 Å². The Hall–Kier alpha value is -1.55. The first-order chi connectivity index (χ1) is 9.78. The SMILES string of the molecule is CCC1CN(C(=O)C2CCc3ccccc3N2)CCO1. The first kappa shape index (κ1) is 13.4. The van der Waals surface area contributed by atoms with Crippen molar-refractivity contribution in [1.29, 1.82) is 0 Å². The predicted octanol–water partition coefficient (Wildman–Crippen LogP) is 2.05. The summed E-state index contributed by atoms with van der Waals surface area (Å²) in [4.78, 5) is 14.6. The summed E-state index contributed by atoms with van der Waals surface area (Å²) < 4.78 is 5.64. The molecule has 0 saturated carbocycles. The molecule has 2 atom stereocenters. The molecule has 4 heteroatoms. The van der Waals surface area contributed by atoms with Crippen molar-refractivity contribution in [2.45, 2.75) is 38.3 Å². The molecular formula is C16H22N2O2. The molecule has 0 spiro atoms. The average Bonchev–Trinajstić information content (AvgIpc) is 2.53. The fourth-order valence-corrected chi connectivity index (χ4v) is 3.01. The van der Waals surface area contributed by atoms with Crippen molar-refractivity contribution in [2.75, 3.05) is 25.0 Å². The van der Waals surface area contributed by atoms with E-state index >= 15 is 0 Å². The summed E-state index contributed by atoms with van der Waals surface area (Å²) >= 11 is 0. The highest BCUT2D eigenvalue weighted by molar-refractivity contribution is 5.85. The molecule has 2 heterocycles. The van der Waals surface area contributed by atoms with Gasteiger partial charge in [-0.2, -0.15) is 0 Å². The molecule has 20 heavy (non-hydrogen) atoms. The van der Waals surface area contributed by atoms with Crippen LogP contribution in [0.5, 0.6) is 0 Å². The zero-order chi connectivity index (χ0) is 13.9. The van der Waals surface area contributed by atoms with E-state index in [-0.39, 0.29) is 18.1 Å². The first-order valence-corrected chi connectivity index (χ1v) is 7.52. The van der Waals surface area contributed by atoms with Crippen molar-refractivity contribution in [1.82, 2.24) is 4.90 Å². The quantitative estimate of drug-likeness (QED) is 0.897. The number of nitrogens with zero attached hydrogens (tertiary/aromatic N) is 1. The van der Waals surface area contributed by atoms with Gasteiger partial charge in [-0.15, -0.1) is 0 Å². The number of benzene rings is 1. The third-order valence-corrected chi connectivity index (χ3v) is 4.25. The number of nitrogens with one attached hydrogen (secondary N) is 1. The van der Waals surface area contributed by atoms with E-state index in [4.69, 9.17) is 4.74 Å². The number of carbonyl (C=O) groups is 1. The van der Waals surface area contributed by atoms with Crippen molar-refractivity contribution in [3.63, 3.8) is 0 Å². The minimum Gasteiger partial charge on any atom is -0.375 e. The van der Waals surface area contributed by atoms with Crippen LogP contribution in [0.15, 0.2) is 24.3 Å². The van der Waals surface area contributed by atoms with Crippen molar-refractivity contribution in [3.8, 4) is 0 Å². The third-order valence-electron chi connectivity index (χ3n) is 4.25. The van der Waals surface area contributed by atoms with Gasteiger partial charge >= 0.3 is 0 Å². The number of anilines is 1. The molecule has 2 aliphatic rings. The van der Waals surface area contributed by atoms with Gasteiger partial charge in [-0.05, 0) is 30.9 Å². The highest BCUT2D eigenvalue weighted by Crippen LogP contribution is 2.25. The second kappa shape index (κ2) is 5.83. The standard InChI is InChI=1S/C16H22N2O2/c1-2-13-11-18(9-10-20-13)16(19)15-8-7-12-5-3-4-6-14(12)17-15/h3-6,13,15,17H,2,7-11H2,1H3. The van der Waals surface area contributed by atoms with Crippen LogP contribution >= 0.6 is 0 Å². The van der Waals surface area contributed by atoms with Crippen LogP contribution in [0, 0.1) is 0 Å². The first-order valence-electron chi connectivity index (χ1n) is 7.52. The van der Waals surface area contributed by atoms with Gasteiger partial charge in [0.05, 0.1) is 12.7 Å². The monoisotopic (exact) mass is 274 g/mol. The topological polar surface area (TPSA) is 41.6 Å². The van der Waals surface area contributed by atoms with Crippen LogP contribution in [-0.2, 0) is 16.0 Å². The normalized spacial score (nSPS) is 25.8. The Bertz CT molecular complexity index is 489. The predicted molar refractivity (Wildman–Crippen MR) is 78.8 cm³/mol. The highest BCUT2D eigenvalue weighted by atomic mass is 16.5. The fraction of sp³-hybridized carbons (Fsp3) is 0.562. The number of hydrogen-bond donors (Lipinski definition) is 1. The molecule has 3 rings (SSSR count). The van der Waals surface area contributed by atoms with Gasteiger partial charge in [-0.3, -0.25) is 4.79 Å². The number of carbonyl (C=O) groups excluding carboxylic acids is 1. The van der Waals surface area contributed by atoms with Gasteiger partial charge < -0.3 is 15.0 Å². The van der Waals surface area contributed by atoms with E-state index in [1.165, 1.54) is 5.56 Å². The van der Waals surface area contributed by atoms with E-state index < -0.39 is 0 Å². The van der Waals surface area contributed by atoms with Crippen LogP contribution in [0.2, 0.25) is 0 Å². The molecule has 4 nitrogen and oxygen atoms in total. The molecule has 1 fully saturated rings. The number of rotatable bonds is 2. The molecule has 0 radical (unpaired) electrons. The lowest BCUT2D eigenvalue weighted by Crippen LogP contribution is -2.51. The lowest BCUT2D eigenvalue weighted by molar-refractivity contribution is -0.139. The molecule has 0 bridgehead atoms. The Morgan fingerprint density at radius 1 is 1.45 bits per heavy atom.